The molecule has 0 aliphatic carbocycles. The fourth-order valence-electron chi connectivity index (χ4n) is 4.81. The normalized spacial score (nSPS) is 24.4. The number of aryl methyl sites for hydroxylation is 1. The molecule has 3 nitrogen and oxygen atoms in total. The van der Waals surface area contributed by atoms with Gasteiger partial charge in [0.1, 0.15) is 0 Å². The van der Waals surface area contributed by atoms with Crippen LogP contribution in [0.2, 0.25) is 0 Å². The molecular weight excluding hydrogens is 294 g/mol. The van der Waals surface area contributed by atoms with E-state index in [1.165, 1.54) is 43.7 Å². The van der Waals surface area contributed by atoms with E-state index in [4.69, 9.17) is 0 Å². The summed E-state index contributed by atoms with van der Waals surface area (Å²) < 4.78 is 0. The van der Waals surface area contributed by atoms with Crippen LogP contribution in [0.3, 0.4) is 0 Å². The zero-order valence-electron chi connectivity index (χ0n) is 14.1. The fraction of sp³-hybridized carbons (Fsp3) is 0.429. The molecule has 0 saturated carbocycles. The summed E-state index contributed by atoms with van der Waals surface area (Å²) in [6.45, 7) is 5.70. The summed E-state index contributed by atoms with van der Waals surface area (Å²) in [5.41, 5.74) is 7.34. The average molecular weight is 319 g/mol. The van der Waals surface area contributed by atoms with Gasteiger partial charge in [0.25, 0.3) is 0 Å². The van der Waals surface area contributed by atoms with Gasteiger partial charge in [0.2, 0.25) is 0 Å². The van der Waals surface area contributed by atoms with Gasteiger partial charge in [-0.1, -0.05) is 30.3 Å². The Morgan fingerprint density at radius 1 is 1.12 bits per heavy atom. The predicted molar refractivity (Wildman–Crippen MR) is 99.8 cm³/mol. The Labute approximate surface area is 144 Å². The topological polar surface area (TPSA) is 27.3 Å². The Morgan fingerprint density at radius 2 is 2.04 bits per heavy atom. The van der Waals surface area contributed by atoms with Crippen molar-refractivity contribution in [1.29, 1.82) is 0 Å². The molecule has 0 amide bonds. The van der Waals surface area contributed by atoms with E-state index in [1.54, 1.807) is 16.8 Å². The Hall–Kier alpha value is -2.00. The van der Waals surface area contributed by atoms with Gasteiger partial charge in [-0.3, -0.25) is 0 Å². The van der Waals surface area contributed by atoms with E-state index in [2.05, 4.69) is 58.0 Å². The first-order valence-electron chi connectivity index (χ1n) is 9.29. The molecule has 0 aromatic heterocycles. The van der Waals surface area contributed by atoms with Crippen molar-refractivity contribution < 1.29 is 0 Å². The molecule has 3 heterocycles. The van der Waals surface area contributed by atoms with Crippen LogP contribution >= 0.6 is 0 Å². The summed E-state index contributed by atoms with van der Waals surface area (Å²) in [5.74, 6) is 1.49. The lowest BCUT2D eigenvalue weighted by molar-refractivity contribution is 0.470. The van der Waals surface area contributed by atoms with Crippen molar-refractivity contribution in [3.63, 3.8) is 0 Å². The molecule has 2 N–H and O–H groups in total. The molecule has 0 bridgehead atoms. The summed E-state index contributed by atoms with van der Waals surface area (Å²) >= 11 is 0. The van der Waals surface area contributed by atoms with Crippen LogP contribution < -0.4 is 15.5 Å². The smallest absolute Gasteiger partial charge is 0.0436 e. The summed E-state index contributed by atoms with van der Waals surface area (Å²) in [6, 6.07) is 15.5. The number of fused-ring (bicyclic) bond motifs is 2. The molecule has 3 aliphatic rings. The first-order chi connectivity index (χ1) is 11.9. The van der Waals surface area contributed by atoms with Crippen molar-refractivity contribution in [1.82, 2.24) is 5.32 Å². The van der Waals surface area contributed by atoms with Crippen molar-refractivity contribution in [2.24, 2.45) is 5.92 Å². The number of hydrogen-bond donors (Lipinski definition) is 2. The highest BCUT2D eigenvalue weighted by Crippen LogP contribution is 2.45. The van der Waals surface area contributed by atoms with Crippen molar-refractivity contribution in [2.75, 3.05) is 36.4 Å². The Kier molecular flexibility index (Phi) is 3.48. The van der Waals surface area contributed by atoms with E-state index in [0.717, 1.165) is 19.0 Å². The number of rotatable bonds is 3. The number of hydrogen-bond acceptors (Lipinski definition) is 3. The first kappa shape index (κ1) is 14.4. The van der Waals surface area contributed by atoms with E-state index in [9.17, 15) is 0 Å². The molecule has 0 unspecified atom stereocenters. The fourth-order valence-corrected chi connectivity index (χ4v) is 4.81. The highest BCUT2D eigenvalue weighted by atomic mass is 15.2. The van der Waals surface area contributed by atoms with Crippen LogP contribution in [0.5, 0.6) is 0 Å². The standard InChI is InChI=1S/C21H25N3/c1-2-5-15(6-3-1)11-23-18-9-16-7-4-8-24-14-17-12-22-13-20(17)19(10-18)21(16)24/h1-3,5-6,9-10,17,20,22-23H,4,7-8,11-14H2/t17-,20-/m0/s1. The third kappa shape index (κ3) is 2.39. The van der Waals surface area contributed by atoms with E-state index >= 15 is 0 Å². The van der Waals surface area contributed by atoms with E-state index < -0.39 is 0 Å². The van der Waals surface area contributed by atoms with Gasteiger partial charge in [0, 0.05) is 50.0 Å². The predicted octanol–water partition coefficient (Wildman–Crippen LogP) is 3.37. The second kappa shape index (κ2) is 5.82. The minimum atomic E-state index is 0.701. The van der Waals surface area contributed by atoms with E-state index in [-0.39, 0.29) is 0 Å². The Morgan fingerprint density at radius 3 is 2.96 bits per heavy atom. The Balaban J connectivity index is 1.48. The highest BCUT2D eigenvalue weighted by molar-refractivity contribution is 5.70. The van der Waals surface area contributed by atoms with Crippen LogP contribution in [0.25, 0.3) is 0 Å². The van der Waals surface area contributed by atoms with Gasteiger partial charge in [-0.05, 0) is 47.6 Å². The highest BCUT2D eigenvalue weighted by Gasteiger charge is 2.38. The molecule has 3 aliphatic heterocycles. The molecule has 0 radical (unpaired) electrons. The van der Waals surface area contributed by atoms with Gasteiger partial charge < -0.3 is 15.5 Å². The molecule has 1 saturated heterocycles. The monoisotopic (exact) mass is 319 g/mol. The third-order valence-corrected chi connectivity index (χ3v) is 5.94. The van der Waals surface area contributed by atoms with Crippen LogP contribution in [0.15, 0.2) is 42.5 Å². The summed E-state index contributed by atoms with van der Waals surface area (Å²) in [4.78, 5) is 2.66. The third-order valence-electron chi connectivity index (χ3n) is 5.94. The lowest BCUT2D eigenvalue weighted by Crippen LogP contribution is -2.41. The maximum atomic E-state index is 3.67. The van der Waals surface area contributed by atoms with Crippen molar-refractivity contribution in [3.8, 4) is 0 Å². The summed E-state index contributed by atoms with van der Waals surface area (Å²) in [7, 11) is 0. The number of anilines is 2. The summed E-state index contributed by atoms with van der Waals surface area (Å²) in [5, 5.41) is 7.29. The second-order valence-corrected chi connectivity index (χ2v) is 7.49. The SMILES string of the molecule is c1ccc(CNc2cc3c4c(c2)[C@H]2CNC[C@H]2CN4CCC3)cc1. The van der Waals surface area contributed by atoms with Crippen LogP contribution in [-0.2, 0) is 13.0 Å². The molecule has 2 atom stereocenters. The van der Waals surface area contributed by atoms with Gasteiger partial charge in [-0.25, -0.2) is 0 Å². The largest absolute Gasteiger partial charge is 0.381 e. The van der Waals surface area contributed by atoms with Crippen molar-refractivity contribution >= 4 is 11.4 Å². The van der Waals surface area contributed by atoms with Gasteiger partial charge >= 0.3 is 0 Å². The zero-order valence-corrected chi connectivity index (χ0v) is 14.1. The summed E-state index contributed by atoms with van der Waals surface area (Å²) in [6.07, 6.45) is 2.52. The lowest BCUT2D eigenvalue weighted by atomic mass is 9.80. The molecule has 24 heavy (non-hydrogen) atoms. The Bertz CT molecular complexity index is 740. The van der Waals surface area contributed by atoms with Crippen LogP contribution in [0.1, 0.15) is 29.0 Å². The average Bonchev–Trinajstić information content (AvgIpc) is 3.10. The maximum Gasteiger partial charge on any atom is 0.0436 e. The number of nitrogens with zero attached hydrogens (tertiary/aromatic N) is 1. The van der Waals surface area contributed by atoms with Crippen molar-refractivity contribution in [2.45, 2.75) is 25.3 Å². The lowest BCUT2D eigenvalue weighted by Gasteiger charge is -2.42. The van der Waals surface area contributed by atoms with Crippen LogP contribution in [0, 0.1) is 5.92 Å². The second-order valence-electron chi connectivity index (χ2n) is 7.49. The van der Waals surface area contributed by atoms with Crippen LogP contribution in [-0.4, -0.2) is 26.2 Å². The van der Waals surface area contributed by atoms with Gasteiger partial charge in [-0.2, -0.15) is 0 Å². The quantitative estimate of drug-likeness (QED) is 0.908. The zero-order chi connectivity index (χ0) is 15.9. The van der Waals surface area contributed by atoms with Crippen molar-refractivity contribution in [3.05, 3.63) is 59.2 Å². The minimum absolute atomic E-state index is 0.701. The molecule has 2 aromatic rings. The van der Waals surface area contributed by atoms with Crippen LogP contribution in [0.4, 0.5) is 11.4 Å². The first-order valence-corrected chi connectivity index (χ1v) is 9.29. The van der Waals surface area contributed by atoms with Gasteiger partial charge in [-0.15, -0.1) is 0 Å². The van der Waals surface area contributed by atoms with E-state index in [1.807, 2.05) is 0 Å². The molecule has 5 rings (SSSR count). The minimum Gasteiger partial charge on any atom is -0.381 e. The molecule has 3 heteroatoms. The van der Waals surface area contributed by atoms with E-state index in [0.29, 0.717) is 5.92 Å². The maximum absolute atomic E-state index is 3.67. The number of nitrogens with one attached hydrogen (secondary N) is 2. The number of benzene rings is 2. The molecular formula is C21H25N3. The molecule has 0 spiro atoms. The molecule has 2 aromatic carbocycles. The van der Waals surface area contributed by atoms with Gasteiger partial charge in [0.05, 0.1) is 0 Å². The molecule has 1 fully saturated rings. The molecule has 124 valence electrons. The van der Waals surface area contributed by atoms with Gasteiger partial charge in [0.15, 0.2) is 0 Å².